The normalized spacial score (nSPS) is 10.6. The first kappa shape index (κ1) is 16.7. The fourth-order valence-corrected chi connectivity index (χ4v) is 2.48. The summed E-state index contributed by atoms with van der Waals surface area (Å²) < 4.78 is 0. The molecule has 1 aromatic carbocycles. The number of anilines is 1. The fraction of sp³-hybridized carbons (Fsp3) is 0.353. The van der Waals surface area contributed by atoms with Crippen LogP contribution in [0.4, 0.5) is 5.69 Å². The van der Waals surface area contributed by atoms with Crippen molar-refractivity contribution in [3.05, 3.63) is 36.0 Å². The van der Waals surface area contributed by atoms with Gasteiger partial charge in [0.25, 0.3) is 5.91 Å². The van der Waals surface area contributed by atoms with Gasteiger partial charge in [0.2, 0.25) is 0 Å². The van der Waals surface area contributed by atoms with Gasteiger partial charge in [-0.1, -0.05) is 25.1 Å². The Morgan fingerprint density at radius 1 is 1.22 bits per heavy atom. The lowest BCUT2D eigenvalue weighted by atomic mass is 10.1. The Hall–Kier alpha value is -2.63. The van der Waals surface area contributed by atoms with Crippen molar-refractivity contribution in [3.8, 4) is 0 Å². The minimum absolute atomic E-state index is 0.266. The van der Waals surface area contributed by atoms with Crippen LogP contribution < -0.4 is 4.90 Å². The molecule has 0 bridgehead atoms. The van der Waals surface area contributed by atoms with Crippen LogP contribution in [0.1, 0.15) is 23.8 Å². The fourth-order valence-electron chi connectivity index (χ4n) is 2.48. The molecule has 1 heterocycles. The Bertz CT molecular complexity index is 728. The molecule has 0 aliphatic heterocycles. The van der Waals surface area contributed by atoms with Gasteiger partial charge in [-0.25, -0.2) is 4.98 Å². The molecule has 0 aliphatic carbocycles. The van der Waals surface area contributed by atoms with Gasteiger partial charge in [-0.15, -0.1) is 0 Å². The highest BCUT2D eigenvalue weighted by atomic mass is 16.4. The predicted molar refractivity (Wildman–Crippen MR) is 89.9 cm³/mol. The third-order valence-electron chi connectivity index (χ3n) is 3.50. The van der Waals surface area contributed by atoms with Crippen molar-refractivity contribution in [1.29, 1.82) is 0 Å². The average molecular weight is 315 g/mol. The van der Waals surface area contributed by atoms with Crippen LogP contribution in [0.25, 0.3) is 10.9 Å². The van der Waals surface area contributed by atoms with E-state index in [0.717, 1.165) is 11.1 Å². The van der Waals surface area contributed by atoms with Gasteiger partial charge in [0.15, 0.2) is 0 Å². The van der Waals surface area contributed by atoms with Crippen LogP contribution in [0.15, 0.2) is 30.3 Å². The minimum Gasteiger partial charge on any atom is -0.480 e. The van der Waals surface area contributed by atoms with E-state index in [9.17, 15) is 9.59 Å². The minimum atomic E-state index is -1.03. The molecule has 0 radical (unpaired) electrons. The largest absolute Gasteiger partial charge is 0.480 e. The Kier molecular flexibility index (Phi) is 5.16. The van der Waals surface area contributed by atoms with E-state index < -0.39 is 5.97 Å². The van der Waals surface area contributed by atoms with E-state index in [1.807, 2.05) is 50.2 Å². The maximum absolute atomic E-state index is 12.7. The number of rotatable bonds is 6. The number of para-hydroxylation sites is 1. The zero-order chi connectivity index (χ0) is 17.0. The van der Waals surface area contributed by atoms with E-state index >= 15 is 0 Å². The third kappa shape index (κ3) is 3.77. The van der Waals surface area contributed by atoms with Gasteiger partial charge < -0.3 is 14.9 Å². The highest BCUT2D eigenvalue weighted by Gasteiger charge is 2.20. The first-order chi connectivity index (χ1) is 10.9. The van der Waals surface area contributed by atoms with Crippen LogP contribution in [0.5, 0.6) is 0 Å². The number of amides is 1. The number of carbonyl (C=O) groups excluding carboxylic acids is 1. The summed E-state index contributed by atoms with van der Waals surface area (Å²) in [6.45, 7) is 1.97. The summed E-state index contributed by atoms with van der Waals surface area (Å²) in [6.07, 6.45) is 0.688. The van der Waals surface area contributed by atoms with E-state index in [1.54, 1.807) is 6.07 Å². The molecule has 0 atom stereocenters. The topological polar surface area (TPSA) is 73.7 Å². The summed E-state index contributed by atoms with van der Waals surface area (Å²) in [5.41, 5.74) is 1.86. The molecule has 2 aromatic rings. The van der Waals surface area contributed by atoms with E-state index in [0.29, 0.717) is 18.5 Å². The van der Waals surface area contributed by atoms with Crippen molar-refractivity contribution < 1.29 is 14.7 Å². The van der Waals surface area contributed by atoms with Crippen LogP contribution in [-0.2, 0) is 4.79 Å². The van der Waals surface area contributed by atoms with Gasteiger partial charge >= 0.3 is 5.97 Å². The monoisotopic (exact) mass is 315 g/mol. The lowest BCUT2D eigenvalue weighted by Crippen LogP contribution is -2.36. The summed E-state index contributed by atoms with van der Waals surface area (Å²) in [6, 6.07) is 9.30. The number of nitrogens with zero attached hydrogens (tertiary/aromatic N) is 3. The summed E-state index contributed by atoms with van der Waals surface area (Å²) in [5.74, 6) is -1.39. The van der Waals surface area contributed by atoms with Crippen LogP contribution in [0, 0.1) is 0 Å². The van der Waals surface area contributed by atoms with Gasteiger partial charge in [0.05, 0.1) is 5.52 Å². The quantitative estimate of drug-likeness (QED) is 0.885. The Morgan fingerprint density at radius 3 is 2.52 bits per heavy atom. The summed E-state index contributed by atoms with van der Waals surface area (Å²) >= 11 is 0. The number of pyridine rings is 1. The molecule has 0 saturated carbocycles. The summed E-state index contributed by atoms with van der Waals surface area (Å²) in [5, 5.41) is 9.95. The lowest BCUT2D eigenvalue weighted by Gasteiger charge is -2.21. The molecule has 23 heavy (non-hydrogen) atoms. The second-order valence-electron chi connectivity index (χ2n) is 5.56. The van der Waals surface area contributed by atoms with Crippen molar-refractivity contribution in [2.24, 2.45) is 0 Å². The van der Waals surface area contributed by atoms with Crippen molar-refractivity contribution in [1.82, 2.24) is 9.88 Å². The second-order valence-corrected chi connectivity index (χ2v) is 5.56. The van der Waals surface area contributed by atoms with Crippen molar-refractivity contribution >= 4 is 28.5 Å². The van der Waals surface area contributed by atoms with Gasteiger partial charge in [-0.2, -0.15) is 0 Å². The highest BCUT2D eigenvalue weighted by Crippen LogP contribution is 2.25. The van der Waals surface area contributed by atoms with Crippen LogP contribution >= 0.6 is 0 Å². The Labute approximate surface area is 135 Å². The van der Waals surface area contributed by atoms with Gasteiger partial charge in [0, 0.05) is 31.7 Å². The second kappa shape index (κ2) is 7.09. The van der Waals surface area contributed by atoms with Crippen molar-refractivity contribution in [2.75, 3.05) is 32.1 Å². The van der Waals surface area contributed by atoms with E-state index in [1.165, 1.54) is 4.90 Å². The predicted octanol–water partition coefficient (Wildman–Crippen LogP) is 2.24. The number of aromatic nitrogens is 1. The maximum Gasteiger partial charge on any atom is 0.323 e. The summed E-state index contributed by atoms with van der Waals surface area (Å²) in [7, 11) is 3.80. The zero-order valence-electron chi connectivity index (χ0n) is 13.6. The molecule has 1 aromatic heterocycles. The number of hydrogen-bond acceptors (Lipinski definition) is 4. The highest BCUT2D eigenvalue weighted by molar-refractivity contribution is 6.00. The smallest absolute Gasteiger partial charge is 0.323 e. The Balaban J connectivity index is 2.49. The molecule has 2 rings (SSSR count). The number of carboxylic acid groups (broad SMARTS) is 1. The van der Waals surface area contributed by atoms with E-state index in [2.05, 4.69) is 4.98 Å². The lowest BCUT2D eigenvalue weighted by molar-refractivity contribution is -0.137. The van der Waals surface area contributed by atoms with E-state index in [-0.39, 0.29) is 18.1 Å². The number of carbonyl (C=O) groups is 2. The third-order valence-corrected chi connectivity index (χ3v) is 3.50. The molecule has 6 heteroatoms. The molecule has 1 amide bonds. The van der Waals surface area contributed by atoms with Crippen LogP contribution in [-0.4, -0.2) is 54.1 Å². The van der Waals surface area contributed by atoms with Gasteiger partial charge in [0.1, 0.15) is 12.2 Å². The van der Waals surface area contributed by atoms with Crippen molar-refractivity contribution in [2.45, 2.75) is 13.3 Å². The van der Waals surface area contributed by atoms with Gasteiger partial charge in [-0.3, -0.25) is 9.59 Å². The zero-order valence-corrected chi connectivity index (χ0v) is 13.6. The van der Waals surface area contributed by atoms with Gasteiger partial charge in [-0.05, 0) is 18.6 Å². The molecule has 0 unspecified atom stereocenters. The molecule has 0 aliphatic rings. The standard InChI is InChI=1S/C17H21N3O3/c1-4-9-20(11-16(21)22)17(23)14-10-15(19(2)3)12-7-5-6-8-13(12)18-14/h5-8,10H,4,9,11H2,1-3H3,(H,21,22). The number of carboxylic acids is 1. The average Bonchev–Trinajstić information content (AvgIpc) is 2.52. The summed E-state index contributed by atoms with van der Waals surface area (Å²) in [4.78, 5) is 31.3. The molecular weight excluding hydrogens is 294 g/mol. The first-order valence-electron chi connectivity index (χ1n) is 7.52. The van der Waals surface area contributed by atoms with Crippen molar-refractivity contribution in [3.63, 3.8) is 0 Å². The number of hydrogen-bond donors (Lipinski definition) is 1. The molecule has 122 valence electrons. The molecule has 1 N–H and O–H groups in total. The molecule has 0 spiro atoms. The van der Waals surface area contributed by atoms with E-state index in [4.69, 9.17) is 5.11 Å². The van der Waals surface area contributed by atoms with Crippen LogP contribution in [0.3, 0.4) is 0 Å². The number of fused-ring (bicyclic) bond motifs is 1. The molecule has 0 fully saturated rings. The molecular formula is C17H21N3O3. The maximum atomic E-state index is 12.7. The Morgan fingerprint density at radius 2 is 1.91 bits per heavy atom. The molecule has 0 saturated heterocycles. The number of aliphatic carboxylic acids is 1. The van der Waals surface area contributed by atoms with Crippen LogP contribution in [0.2, 0.25) is 0 Å². The first-order valence-corrected chi connectivity index (χ1v) is 7.52. The molecule has 6 nitrogen and oxygen atoms in total. The SMILES string of the molecule is CCCN(CC(=O)O)C(=O)c1cc(N(C)C)c2ccccc2n1. The number of benzene rings is 1.